The van der Waals surface area contributed by atoms with Gasteiger partial charge in [-0.2, -0.15) is 8.78 Å². The minimum Gasteiger partial charge on any atom is -0.435 e. The molecule has 5 heteroatoms. The first-order valence-electron chi connectivity index (χ1n) is 1.75. The van der Waals surface area contributed by atoms with Crippen LogP contribution >= 0.6 is 0 Å². The minimum absolute atomic E-state index is 0.329. The van der Waals surface area contributed by atoms with Crippen molar-refractivity contribution in [2.75, 3.05) is 7.11 Å². The van der Waals surface area contributed by atoms with E-state index >= 15 is 0 Å². The smallest absolute Gasteiger partial charge is 0.373 e. The summed E-state index contributed by atoms with van der Waals surface area (Å²) < 4.78 is 37.4. The molecule has 0 heterocycles. The van der Waals surface area contributed by atoms with E-state index in [-0.39, 0.29) is 0 Å². The highest BCUT2D eigenvalue weighted by Crippen LogP contribution is 2.06. The summed E-state index contributed by atoms with van der Waals surface area (Å²) in [6.45, 7) is 0. The topological polar surface area (TPSA) is 9.23 Å². The van der Waals surface area contributed by atoms with Crippen molar-refractivity contribution < 1.29 is 17.8 Å². The van der Waals surface area contributed by atoms with E-state index < -0.39 is 11.8 Å². The van der Waals surface area contributed by atoms with E-state index in [1.165, 1.54) is 0 Å². The van der Waals surface area contributed by atoms with Crippen LogP contribution in [-0.4, -0.2) is 14.6 Å². The predicted octanol–water partition coefficient (Wildman–Crippen LogP) is 1.29. The molecule has 0 saturated carbocycles. The Balaban J connectivity index is 3.62. The number of hydrogen-bond acceptors (Lipinski definition) is 1. The highest BCUT2D eigenvalue weighted by Gasteiger charge is 2.05. The molecule has 0 fully saturated rings. The van der Waals surface area contributed by atoms with Crippen molar-refractivity contribution in [1.29, 1.82) is 0 Å². The van der Waals surface area contributed by atoms with Crippen LogP contribution in [0.25, 0.3) is 0 Å². The minimum atomic E-state index is -2.37. The maximum Gasteiger partial charge on any atom is 0.373 e. The third-order valence-electron chi connectivity index (χ3n) is 0.402. The molecule has 0 aliphatic carbocycles. The van der Waals surface area contributed by atoms with E-state index in [9.17, 15) is 13.2 Å². The normalized spacial score (nSPS) is 8.50. The quantitative estimate of drug-likeness (QED) is 0.502. The van der Waals surface area contributed by atoms with Gasteiger partial charge in [0.2, 0.25) is 0 Å². The molecule has 0 atom stereocenters. The SMILES string of the molecule is CO[B]C(F)=C(F)F. The summed E-state index contributed by atoms with van der Waals surface area (Å²) in [5.41, 5.74) is -1.63. The zero-order valence-corrected chi connectivity index (χ0v) is 4.12. The van der Waals surface area contributed by atoms with E-state index in [4.69, 9.17) is 0 Å². The molecule has 0 saturated heterocycles. The van der Waals surface area contributed by atoms with Crippen molar-refractivity contribution in [1.82, 2.24) is 0 Å². The molecule has 0 aromatic rings. The van der Waals surface area contributed by atoms with Gasteiger partial charge in [-0.1, -0.05) is 0 Å². The summed E-state index contributed by atoms with van der Waals surface area (Å²) in [5.74, 6) is 0. The van der Waals surface area contributed by atoms with E-state index in [1.807, 2.05) is 0 Å². The number of hydrogen-bond donors (Lipinski definition) is 0. The van der Waals surface area contributed by atoms with E-state index in [1.54, 1.807) is 0 Å². The Hall–Kier alpha value is -0.445. The van der Waals surface area contributed by atoms with Crippen LogP contribution in [0, 0.1) is 0 Å². The van der Waals surface area contributed by atoms with Gasteiger partial charge in [-0.05, 0) is 0 Å². The second-order valence-corrected chi connectivity index (χ2v) is 0.962. The van der Waals surface area contributed by atoms with Crippen LogP contribution in [0.4, 0.5) is 13.2 Å². The lowest BCUT2D eigenvalue weighted by molar-refractivity contribution is 0.377. The first-order valence-corrected chi connectivity index (χ1v) is 1.75. The Morgan fingerprint density at radius 3 is 2.00 bits per heavy atom. The van der Waals surface area contributed by atoms with Crippen LogP contribution < -0.4 is 0 Å². The predicted molar refractivity (Wildman–Crippen MR) is 23.1 cm³/mol. The van der Waals surface area contributed by atoms with Gasteiger partial charge in [0.05, 0.1) is 0 Å². The van der Waals surface area contributed by atoms with Gasteiger partial charge in [-0.3, -0.25) is 0 Å². The van der Waals surface area contributed by atoms with Gasteiger partial charge in [-0.15, -0.1) is 0 Å². The lowest BCUT2D eigenvalue weighted by Crippen LogP contribution is -1.94. The van der Waals surface area contributed by atoms with Crippen LogP contribution in [-0.2, 0) is 4.65 Å². The van der Waals surface area contributed by atoms with E-state index in [0.717, 1.165) is 7.11 Å². The first kappa shape index (κ1) is 7.55. The van der Waals surface area contributed by atoms with Crippen molar-refractivity contribution in [3.63, 3.8) is 0 Å². The fraction of sp³-hybridized carbons (Fsp3) is 0.333. The molecule has 0 aliphatic heterocycles. The fourth-order valence-corrected chi connectivity index (χ4v) is 0.148. The first-order chi connectivity index (χ1) is 3.68. The third-order valence-corrected chi connectivity index (χ3v) is 0.402. The second kappa shape index (κ2) is 3.54. The molecular formula is C3H3BF3O. The van der Waals surface area contributed by atoms with Crippen molar-refractivity contribution in [2.45, 2.75) is 0 Å². The highest BCUT2D eigenvalue weighted by atomic mass is 19.3. The monoisotopic (exact) mass is 123 g/mol. The third kappa shape index (κ3) is 2.68. The molecule has 0 rings (SSSR count). The fourth-order valence-electron chi connectivity index (χ4n) is 0.148. The molecule has 0 unspecified atom stereocenters. The Morgan fingerprint density at radius 2 is 1.88 bits per heavy atom. The molecule has 45 valence electrons. The second-order valence-electron chi connectivity index (χ2n) is 0.962. The molecular weight excluding hydrogens is 120 g/mol. The van der Waals surface area contributed by atoms with E-state index in [0.29, 0.717) is 7.48 Å². The van der Waals surface area contributed by atoms with E-state index in [2.05, 4.69) is 4.65 Å². The summed E-state index contributed by atoms with van der Waals surface area (Å²) >= 11 is 0. The number of rotatable bonds is 2. The summed E-state index contributed by atoms with van der Waals surface area (Å²) in [4.78, 5) is 0. The molecule has 1 nitrogen and oxygen atoms in total. The van der Waals surface area contributed by atoms with Crippen LogP contribution in [0.2, 0.25) is 0 Å². The Kier molecular flexibility index (Phi) is 3.35. The maximum atomic E-state index is 11.5. The average molecular weight is 123 g/mol. The summed E-state index contributed by atoms with van der Waals surface area (Å²) in [6.07, 6.45) is -2.37. The van der Waals surface area contributed by atoms with Gasteiger partial charge in [-0.25, -0.2) is 4.39 Å². The zero-order chi connectivity index (χ0) is 6.57. The van der Waals surface area contributed by atoms with Crippen LogP contribution in [0.3, 0.4) is 0 Å². The van der Waals surface area contributed by atoms with Gasteiger partial charge >= 0.3 is 7.48 Å². The average Bonchev–Trinajstić information content (AvgIpc) is 1.67. The summed E-state index contributed by atoms with van der Waals surface area (Å²) in [7, 11) is 1.41. The van der Waals surface area contributed by atoms with Crippen LogP contribution in [0.15, 0.2) is 11.8 Å². The van der Waals surface area contributed by atoms with Gasteiger partial charge < -0.3 is 4.65 Å². The van der Waals surface area contributed by atoms with Gasteiger partial charge in [0.25, 0.3) is 6.08 Å². The molecule has 0 spiro atoms. The lowest BCUT2D eigenvalue weighted by atomic mass is 10.0. The summed E-state index contributed by atoms with van der Waals surface area (Å²) in [5, 5.41) is 0. The molecule has 0 N–H and O–H groups in total. The summed E-state index contributed by atoms with van der Waals surface area (Å²) in [6, 6.07) is 0. The van der Waals surface area contributed by atoms with Crippen molar-refractivity contribution in [3.05, 3.63) is 11.8 Å². The molecule has 0 aromatic heterocycles. The standard InChI is InChI=1S/C3H3BF3O/c1-8-4-2(5)3(6)7/h1H3. The van der Waals surface area contributed by atoms with Gasteiger partial charge in [0.1, 0.15) is 0 Å². The molecule has 0 aliphatic rings. The van der Waals surface area contributed by atoms with Crippen molar-refractivity contribution in [3.8, 4) is 0 Å². The maximum absolute atomic E-state index is 11.5. The van der Waals surface area contributed by atoms with Gasteiger partial charge in [0.15, 0.2) is 5.73 Å². The molecule has 1 radical (unpaired) electrons. The van der Waals surface area contributed by atoms with Crippen molar-refractivity contribution >= 4 is 7.48 Å². The van der Waals surface area contributed by atoms with Crippen molar-refractivity contribution in [2.24, 2.45) is 0 Å². The lowest BCUT2D eigenvalue weighted by Gasteiger charge is -1.86. The van der Waals surface area contributed by atoms with Crippen LogP contribution in [0.5, 0.6) is 0 Å². The Bertz CT molecular complexity index is 98.7. The molecule has 0 aromatic carbocycles. The highest BCUT2D eigenvalue weighted by molar-refractivity contribution is 6.36. The molecule has 0 bridgehead atoms. The number of halogens is 3. The molecule has 8 heavy (non-hydrogen) atoms. The molecule has 0 amide bonds. The van der Waals surface area contributed by atoms with Crippen LogP contribution in [0.1, 0.15) is 0 Å². The Morgan fingerprint density at radius 1 is 1.38 bits per heavy atom. The Labute approximate surface area is 45.4 Å². The van der Waals surface area contributed by atoms with Gasteiger partial charge in [0, 0.05) is 7.11 Å². The largest absolute Gasteiger partial charge is 0.435 e. The zero-order valence-electron chi connectivity index (χ0n) is 4.12.